The van der Waals surface area contributed by atoms with Gasteiger partial charge in [-0.3, -0.25) is 0 Å². The highest BCUT2D eigenvalue weighted by Crippen LogP contribution is 2.34. The number of fused-ring (bicyclic) bond motifs is 1. The summed E-state index contributed by atoms with van der Waals surface area (Å²) in [4.78, 5) is 14.0. The van der Waals surface area contributed by atoms with Crippen LogP contribution in [-0.2, 0) is 0 Å². The first-order chi connectivity index (χ1) is 9.85. The minimum atomic E-state index is -0.222. The number of anilines is 1. The Morgan fingerprint density at radius 3 is 2.71 bits per heavy atom. The largest absolute Gasteiger partial charge is 0.454 e. The summed E-state index contributed by atoms with van der Waals surface area (Å²) in [5.74, 6) is 1.36. The van der Waals surface area contributed by atoms with Crippen molar-refractivity contribution in [2.45, 2.75) is 13.8 Å². The molecule has 1 heterocycles. The second-order valence-corrected chi connectivity index (χ2v) is 6.28. The number of nitrogens with one attached hydrogen (secondary N) is 2. The Hall–Kier alpha value is -1.95. The molecule has 1 aromatic rings. The fourth-order valence-electron chi connectivity index (χ4n) is 2.38. The third kappa shape index (κ3) is 4.53. The van der Waals surface area contributed by atoms with Crippen molar-refractivity contribution in [3.8, 4) is 11.5 Å². The maximum absolute atomic E-state index is 11.9. The minimum absolute atomic E-state index is 0.00965. The molecular formula is C15H23N3O3. The molecule has 1 aliphatic heterocycles. The first-order valence-corrected chi connectivity index (χ1v) is 6.95. The lowest BCUT2D eigenvalue weighted by Crippen LogP contribution is -2.41. The highest BCUT2D eigenvalue weighted by Gasteiger charge is 2.20. The standard InChI is InChI=1S/C15H23N3O3/c1-15(2,9-18(3)4)8-16-14(19)17-11-5-6-12-13(7-11)21-10-20-12/h5-7H,8-10H2,1-4H3,(H2,16,17,19). The summed E-state index contributed by atoms with van der Waals surface area (Å²) in [6.07, 6.45) is 0. The third-order valence-corrected chi connectivity index (χ3v) is 3.10. The molecule has 116 valence electrons. The zero-order chi connectivity index (χ0) is 15.5. The van der Waals surface area contributed by atoms with Crippen molar-refractivity contribution >= 4 is 11.7 Å². The SMILES string of the molecule is CN(C)CC(C)(C)CNC(=O)Nc1ccc2c(c1)OCO2. The van der Waals surface area contributed by atoms with Gasteiger partial charge in [0.25, 0.3) is 0 Å². The maximum atomic E-state index is 11.9. The normalized spacial score (nSPS) is 13.4. The molecule has 0 aliphatic carbocycles. The van der Waals surface area contributed by atoms with Crippen molar-refractivity contribution in [2.24, 2.45) is 5.41 Å². The van der Waals surface area contributed by atoms with Crippen molar-refractivity contribution in [3.05, 3.63) is 18.2 Å². The van der Waals surface area contributed by atoms with E-state index in [4.69, 9.17) is 9.47 Å². The molecule has 0 aromatic heterocycles. The average Bonchev–Trinajstić information content (AvgIpc) is 2.82. The fourth-order valence-corrected chi connectivity index (χ4v) is 2.38. The van der Waals surface area contributed by atoms with Gasteiger partial charge in [-0.05, 0) is 31.6 Å². The summed E-state index contributed by atoms with van der Waals surface area (Å²) < 4.78 is 10.5. The van der Waals surface area contributed by atoms with E-state index in [-0.39, 0.29) is 18.2 Å². The Kier molecular flexibility index (Phi) is 4.57. The van der Waals surface area contributed by atoms with Gasteiger partial charge in [0.15, 0.2) is 11.5 Å². The van der Waals surface area contributed by atoms with Gasteiger partial charge in [-0.2, -0.15) is 0 Å². The number of nitrogens with zero attached hydrogens (tertiary/aromatic N) is 1. The molecular weight excluding hydrogens is 270 g/mol. The quantitative estimate of drug-likeness (QED) is 0.873. The summed E-state index contributed by atoms with van der Waals surface area (Å²) in [5.41, 5.74) is 0.692. The van der Waals surface area contributed by atoms with Crippen LogP contribution in [0.1, 0.15) is 13.8 Å². The number of urea groups is 1. The zero-order valence-electron chi connectivity index (χ0n) is 13.0. The Bertz CT molecular complexity index is 515. The van der Waals surface area contributed by atoms with Crippen molar-refractivity contribution in [1.29, 1.82) is 0 Å². The number of rotatable bonds is 5. The van der Waals surface area contributed by atoms with Crippen LogP contribution in [0.3, 0.4) is 0 Å². The number of carbonyl (C=O) groups is 1. The minimum Gasteiger partial charge on any atom is -0.454 e. The van der Waals surface area contributed by atoms with Crippen LogP contribution in [-0.4, -0.2) is 44.9 Å². The van der Waals surface area contributed by atoms with Gasteiger partial charge in [0.1, 0.15) is 0 Å². The molecule has 1 aromatic carbocycles. The van der Waals surface area contributed by atoms with E-state index in [2.05, 4.69) is 29.4 Å². The summed E-state index contributed by atoms with van der Waals surface area (Å²) in [6.45, 7) is 5.96. The molecule has 0 atom stereocenters. The fraction of sp³-hybridized carbons (Fsp3) is 0.533. The average molecular weight is 293 g/mol. The van der Waals surface area contributed by atoms with E-state index in [0.717, 1.165) is 6.54 Å². The molecule has 0 fully saturated rings. The van der Waals surface area contributed by atoms with Crippen molar-refractivity contribution in [3.63, 3.8) is 0 Å². The number of hydrogen-bond acceptors (Lipinski definition) is 4. The van der Waals surface area contributed by atoms with Crippen LogP contribution in [0.2, 0.25) is 0 Å². The number of amides is 2. The lowest BCUT2D eigenvalue weighted by Gasteiger charge is -2.28. The molecule has 0 saturated carbocycles. The van der Waals surface area contributed by atoms with E-state index in [0.29, 0.717) is 23.7 Å². The number of carbonyl (C=O) groups excluding carboxylic acids is 1. The predicted molar refractivity (Wildman–Crippen MR) is 81.9 cm³/mol. The third-order valence-electron chi connectivity index (χ3n) is 3.10. The van der Waals surface area contributed by atoms with Gasteiger partial charge in [-0.25, -0.2) is 4.79 Å². The molecule has 1 aliphatic rings. The van der Waals surface area contributed by atoms with Gasteiger partial charge in [0.2, 0.25) is 6.79 Å². The van der Waals surface area contributed by atoms with Crippen LogP contribution in [0, 0.1) is 5.41 Å². The topological polar surface area (TPSA) is 62.8 Å². The van der Waals surface area contributed by atoms with Gasteiger partial charge in [0, 0.05) is 24.8 Å². The molecule has 2 amide bonds. The smallest absolute Gasteiger partial charge is 0.319 e. The monoisotopic (exact) mass is 293 g/mol. The highest BCUT2D eigenvalue weighted by molar-refractivity contribution is 5.89. The summed E-state index contributed by atoms with van der Waals surface area (Å²) in [7, 11) is 4.04. The van der Waals surface area contributed by atoms with Gasteiger partial charge < -0.3 is 25.0 Å². The van der Waals surface area contributed by atoms with Gasteiger partial charge in [-0.1, -0.05) is 13.8 Å². The Morgan fingerprint density at radius 2 is 2.00 bits per heavy atom. The van der Waals surface area contributed by atoms with E-state index < -0.39 is 0 Å². The summed E-state index contributed by atoms with van der Waals surface area (Å²) in [5, 5.41) is 5.69. The Balaban J connectivity index is 1.85. The highest BCUT2D eigenvalue weighted by atomic mass is 16.7. The van der Waals surface area contributed by atoms with Gasteiger partial charge in [0.05, 0.1) is 0 Å². The van der Waals surface area contributed by atoms with E-state index in [1.54, 1.807) is 18.2 Å². The molecule has 2 rings (SSSR count). The lowest BCUT2D eigenvalue weighted by atomic mass is 9.93. The van der Waals surface area contributed by atoms with E-state index in [1.165, 1.54) is 0 Å². The first-order valence-electron chi connectivity index (χ1n) is 6.95. The predicted octanol–water partition coefficient (Wildman–Crippen LogP) is 2.12. The molecule has 0 bridgehead atoms. The van der Waals surface area contributed by atoms with E-state index in [1.807, 2.05) is 14.1 Å². The van der Waals surface area contributed by atoms with Crippen molar-refractivity contribution in [1.82, 2.24) is 10.2 Å². The number of hydrogen-bond donors (Lipinski definition) is 2. The maximum Gasteiger partial charge on any atom is 0.319 e. The van der Waals surface area contributed by atoms with E-state index >= 15 is 0 Å². The van der Waals surface area contributed by atoms with Crippen molar-refractivity contribution in [2.75, 3.05) is 39.3 Å². The second kappa shape index (κ2) is 6.22. The molecule has 0 spiro atoms. The lowest BCUT2D eigenvalue weighted by molar-refractivity contribution is 0.174. The molecule has 21 heavy (non-hydrogen) atoms. The summed E-state index contributed by atoms with van der Waals surface area (Å²) in [6, 6.07) is 5.11. The summed E-state index contributed by atoms with van der Waals surface area (Å²) >= 11 is 0. The molecule has 6 heteroatoms. The molecule has 6 nitrogen and oxygen atoms in total. The van der Waals surface area contributed by atoms with Crippen LogP contribution in [0.15, 0.2) is 18.2 Å². The molecule has 0 unspecified atom stereocenters. The van der Waals surface area contributed by atoms with Gasteiger partial charge in [-0.15, -0.1) is 0 Å². The van der Waals surface area contributed by atoms with Crippen LogP contribution in [0.5, 0.6) is 11.5 Å². The number of benzene rings is 1. The Morgan fingerprint density at radius 1 is 1.29 bits per heavy atom. The molecule has 2 N–H and O–H groups in total. The molecule has 0 radical (unpaired) electrons. The zero-order valence-corrected chi connectivity index (χ0v) is 13.0. The second-order valence-electron chi connectivity index (χ2n) is 6.28. The van der Waals surface area contributed by atoms with Crippen LogP contribution in [0.4, 0.5) is 10.5 Å². The Labute approximate surface area is 125 Å². The van der Waals surface area contributed by atoms with Crippen LogP contribution < -0.4 is 20.1 Å². The van der Waals surface area contributed by atoms with Gasteiger partial charge >= 0.3 is 6.03 Å². The first kappa shape index (κ1) is 15.4. The van der Waals surface area contributed by atoms with Crippen LogP contribution >= 0.6 is 0 Å². The van der Waals surface area contributed by atoms with E-state index in [9.17, 15) is 4.79 Å². The molecule has 0 saturated heterocycles. The van der Waals surface area contributed by atoms with Crippen molar-refractivity contribution < 1.29 is 14.3 Å². The van der Waals surface area contributed by atoms with Crippen LogP contribution in [0.25, 0.3) is 0 Å². The number of ether oxygens (including phenoxy) is 2.